The van der Waals surface area contributed by atoms with Gasteiger partial charge in [0.1, 0.15) is 10.6 Å². The molecule has 0 aliphatic rings. The quantitative estimate of drug-likeness (QED) is 0.514. The van der Waals surface area contributed by atoms with Crippen molar-refractivity contribution in [3.8, 4) is 5.75 Å². The second kappa shape index (κ2) is 10.3. The minimum absolute atomic E-state index is 0.0601. The minimum atomic E-state index is -3.86. The van der Waals surface area contributed by atoms with Gasteiger partial charge in [-0.2, -0.15) is 0 Å². The molecule has 0 amide bonds. The van der Waals surface area contributed by atoms with Gasteiger partial charge in [0.15, 0.2) is 0 Å². The van der Waals surface area contributed by atoms with Crippen molar-refractivity contribution in [2.75, 3.05) is 19.0 Å². The molecular weight excluding hydrogens is 392 g/mol. The zero-order chi connectivity index (χ0) is 21.4. The number of sulfonamides is 1. The van der Waals surface area contributed by atoms with Crippen LogP contribution in [0.4, 0.5) is 5.69 Å². The van der Waals surface area contributed by atoms with Crippen LogP contribution in [0.15, 0.2) is 47.4 Å². The van der Waals surface area contributed by atoms with Crippen LogP contribution in [0.5, 0.6) is 5.75 Å². The molecule has 29 heavy (non-hydrogen) atoms. The first-order valence-electron chi connectivity index (χ1n) is 9.53. The van der Waals surface area contributed by atoms with Crippen molar-refractivity contribution >= 4 is 21.7 Å². The Morgan fingerprint density at radius 3 is 2.45 bits per heavy atom. The van der Waals surface area contributed by atoms with E-state index < -0.39 is 16.0 Å². The number of carboxylic acids is 1. The summed E-state index contributed by atoms with van der Waals surface area (Å²) in [6, 6.07) is 11.5. The van der Waals surface area contributed by atoms with Crippen molar-refractivity contribution in [1.82, 2.24) is 4.72 Å². The first kappa shape index (κ1) is 22.7. The van der Waals surface area contributed by atoms with E-state index in [0.29, 0.717) is 25.1 Å². The summed E-state index contributed by atoms with van der Waals surface area (Å²) >= 11 is 0. The Balaban J connectivity index is 2.20. The standard InChI is InChI=1S/C21H28N2O5S/c1-4-5-15(2)23-29(26,27)20-14-17(21(24)25)8-11-19(20)22-13-12-16-6-9-18(28-3)10-7-16/h6-11,14-15,22-23H,4-5,12-13H2,1-3H3,(H,24,25)/t15-/m1/s1. The highest BCUT2D eigenvalue weighted by Gasteiger charge is 2.22. The summed E-state index contributed by atoms with van der Waals surface area (Å²) in [6.45, 7) is 4.26. The average molecular weight is 421 g/mol. The smallest absolute Gasteiger partial charge is 0.335 e. The third-order valence-corrected chi connectivity index (χ3v) is 6.11. The monoisotopic (exact) mass is 420 g/mol. The Kier molecular flexibility index (Phi) is 8.04. The molecule has 2 aromatic carbocycles. The normalized spacial score (nSPS) is 12.4. The van der Waals surface area contributed by atoms with Gasteiger partial charge in [0, 0.05) is 12.6 Å². The highest BCUT2D eigenvalue weighted by molar-refractivity contribution is 7.89. The topological polar surface area (TPSA) is 105 Å². The van der Waals surface area contributed by atoms with Crippen LogP contribution in [0.25, 0.3) is 0 Å². The summed E-state index contributed by atoms with van der Waals surface area (Å²) in [7, 11) is -2.26. The molecular formula is C21H28N2O5S. The van der Waals surface area contributed by atoms with E-state index in [1.807, 2.05) is 31.2 Å². The highest BCUT2D eigenvalue weighted by atomic mass is 32.2. The number of aromatic carboxylic acids is 1. The molecule has 0 bridgehead atoms. The first-order valence-corrected chi connectivity index (χ1v) is 11.0. The van der Waals surface area contributed by atoms with E-state index in [1.54, 1.807) is 14.0 Å². The molecule has 158 valence electrons. The molecule has 1 atom stereocenters. The number of hydrogen-bond donors (Lipinski definition) is 3. The molecule has 7 nitrogen and oxygen atoms in total. The van der Waals surface area contributed by atoms with Crippen molar-refractivity contribution in [1.29, 1.82) is 0 Å². The number of hydrogen-bond acceptors (Lipinski definition) is 5. The van der Waals surface area contributed by atoms with E-state index in [2.05, 4.69) is 10.0 Å². The Morgan fingerprint density at radius 2 is 1.86 bits per heavy atom. The Hall–Kier alpha value is -2.58. The largest absolute Gasteiger partial charge is 0.497 e. The molecule has 0 fully saturated rings. The zero-order valence-corrected chi connectivity index (χ0v) is 17.8. The number of rotatable bonds is 11. The molecule has 0 unspecified atom stereocenters. The molecule has 0 heterocycles. The molecule has 0 aromatic heterocycles. The van der Waals surface area contributed by atoms with E-state index in [-0.39, 0.29) is 16.5 Å². The third-order valence-electron chi connectivity index (χ3n) is 4.48. The van der Waals surface area contributed by atoms with Gasteiger partial charge in [-0.05, 0) is 55.7 Å². The van der Waals surface area contributed by atoms with Crippen LogP contribution in [-0.2, 0) is 16.4 Å². The maximum Gasteiger partial charge on any atom is 0.335 e. The van der Waals surface area contributed by atoms with Gasteiger partial charge in [-0.25, -0.2) is 17.9 Å². The molecule has 0 saturated carbocycles. The summed E-state index contributed by atoms with van der Waals surface area (Å²) in [6.07, 6.45) is 2.20. The van der Waals surface area contributed by atoms with Crippen LogP contribution in [0.2, 0.25) is 0 Å². The minimum Gasteiger partial charge on any atom is -0.497 e. The van der Waals surface area contributed by atoms with E-state index >= 15 is 0 Å². The van der Waals surface area contributed by atoms with Gasteiger partial charge in [0.25, 0.3) is 0 Å². The maximum atomic E-state index is 12.9. The predicted molar refractivity (Wildman–Crippen MR) is 113 cm³/mol. The van der Waals surface area contributed by atoms with Crippen LogP contribution in [-0.4, -0.2) is 39.2 Å². The summed E-state index contributed by atoms with van der Waals surface area (Å²) in [5.41, 5.74) is 1.37. The molecule has 0 aliphatic heterocycles. The number of ether oxygens (including phenoxy) is 1. The van der Waals surface area contributed by atoms with Crippen molar-refractivity contribution in [3.63, 3.8) is 0 Å². The predicted octanol–water partition coefficient (Wildman–Crippen LogP) is 3.51. The van der Waals surface area contributed by atoms with Gasteiger partial charge in [0.2, 0.25) is 10.0 Å². The van der Waals surface area contributed by atoms with E-state index in [9.17, 15) is 18.3 Å². The molecule has 2 rings (SSSR count). The lowest BCUT2D eigenvalue weighted by Crippen LogP contribution is -2.33. The molecule has 8 heteroatoms. The van der Waals surface area contributed by atoms with Crippen molar-refractivity contribution in [3.05, 3.63) is 53.6 Å². The Morgan fingerprint density at radius 1 is 1.17 bits per heavy atom. The summed E-state index contributed by atoms with van der Waals surface area (Å²) in [5, 5.41) is 12.4. The molecule has 2 aromatic rings. The fraction of sp³-hybridized carbons (Fsp3) is 0.381. The van der Waals surface area contributed by atoms with Gasteiger partial charge in [0.05, 0.1) is 18.4 Å². The molecule has 3 N–H and O–H groups in total. The van der Waals surface area contributed by atoms with Crippen molar-refractivity contribution in [2.24, 2.45) is 0 Å². The SMILES string of the molecule is CCC[C@@H](C)NS(=O)(=O)c1cc(C(=O)O)ccc1NCCc1ccc(OC)cc1. The van der Waals surface area contributed by atoms with Crippen molar-refractivity contribution in [2.45, 2.75) is 44.0 Å². The number of methoxy groups -OCH3 is 1. The van der Waals surface area contributed by atoms with E-state index in [0.717, 1.165) is 17.7 Å². The summed E-state index contributed by atoms with van der Waals surface area (Å²) in [4.78, 5) is 11.3. The number of benzene rings is 2. The molecule has 0 radical (unpaired) electrons. The number of anilines is 1. The second-order valence-electron chi connectivity index (χ2n) is 6.85. The van der Waals surface area contributed by atoms with Gasteiger partial charge >= 0.3 is 5.97 Å². The number of carboxylic acid groups (broad SMARTS) is 1. The third kappa shape index (κ3) is 6.47. The molecule has 0 aliphatic carbocycles. The second-order valence-corrected chi connectivity index (χ2v) is 8.53. The highest BCUT2D eigenvalue weighted by Crippen LogP contribution is 2.24. The zero-order valence-electron chi connectivity index (χ0n) is 16.9. The number of carbonyl (C=O) groups is 1. The maximum absolute atomic E-state index is 12.9. The van der Waals surface area contributed by atoms with Crippen LogP contribution < -0.4 is 14.8 Å². The van der Waals surface area contributed by atoms with Gasteiger partial charge in [-0.3, -0.25) is 0 Å². The van der Waals surface area contributed by atoms with Crippen LogP contribution >= 0.6 is 0 Å². The summed E-state index contributed by atoms with van der Waals surface area (Å²) in [5.74, 6) is -0.403. The lowest BCUT2D eigenvalue weighted by Gasteiger charge is -2.17. The summed E-state index contributed by atoms with van der Waals surface area (Å²) < 4.78 is 33.5. The van der Waals surface area contributed by atoms with Crippen LogP contribution in [0.3, 0.4) is 0 Å². The van der Waals surface area contributed by atoms with Gasteiger partial charge < -0.3 is 15.2 Å². The van der Waals surface area contributed by atoms with Gasteiger partial charge in [-0.1, -0.05) is 25.5 Å². The Labute approximate surface area is 172 Å². The van der Waals surface area contributed by atoms with E-state index in [1.165, 1.54) is 18.2 Å². The number of nitrogens with one attached hydrogen (secondary N) is 2. The lowest BCUT2D eigenvalue weighted by atomic mass is 10.1. The fourth-order valence-electron chi connectivity index (χ4n) is 2.98. The Bertz CT molecular complexity index is 927. The average Bonchev–Trinajstić information content (AvgIpc) is 2.68. The van der Waals surface area contributed by atoms with Crippen LogP contribution in [0, 0.1) is 0 Å². The fourth-order valence-corrected chi connectivity index (χ4v) is 4.46. The lowest BCUT2D eigenvalue weighted by molar-refractivity contribution is 0.0696. The van der Waals surface area contributed by atoms with Crippen LogP contribution in [0.1, 0.15) is 42.6 Å². The van der Waals surface area contributed by atoms with E-state index in [4.69, 9.17) is 4.74 Å². The molecule has 0 saturated heterocycles. The van der Waals surface area contributed by atoms with Gasteiger partial charge in [-0.15, -0.1) is 0 Å². The first-order chi connectivity index (χ1) is 13.8. The van der Waals surface area contributed by atoms with Crippen molar-refractivity contribution < 1.29 is 23.1 Å². The molecule has 0 spiro atoms.